The highest BCUT2D eigenvalue weighted by atomic mass is 35.5. The van der Waals surface area contributed by atoms with Crippen LogP contribution < -0.4 is 9.64 Å². The number of anilines is 1. The first-order valence-electron chi connectivity index (χ1n) is 13.0. The number of carbonyl (C=O) groups excluding carboxylic acids is 2. The highest BCUT2D eigenvalue weighted by molar-refractivity contribution is 6.40. The van der Waals surface area contributed by atoms with Crippen LogP contribution in [0.25, 0.3) is 22.3 Å². The number of hydrogen-bond donors (Lipinski definition) is 1. The van der Waals surface area contributed by atoms with E-state index in [1.54, 1.807) is 35.5 Å². The molecule has 6 rings (SSSR count). The van der Waals surface area contributed by atoms with E-state index in [2.05, 4.69) is 15.1 Å². The van der Waals surface area contributed by atoms with Gasteiger partial charge in [0.05, 0.1) is 59.9 Å². The van der Waals surface area contributed by atoms with Gasteiger partial charge in [0.15, 0.2) is 6.73 Å². The molecule has 0 unspecified atom stereocenters. The molecule has 0 radical (unpaired) electrons. The third-order valence-electron chi connectivity index (χ3n) is 7.26. The molecule has 41 heavy (non-hydrogen) atoms. The quantitative estimate of drug-likeness (QED) is 0.298. The second kappa shape index (κ2) is 11.4. The molecule has 1 N–H and O–H groups in total. The summed E-state index contributed by atoms with van der Waals surface area (Å²) < 4.78 is 16.7. The molecule has 0 bridgehead atoms. The predicted octanol–water partition coefficient (Wildman–Crippen LogP) is 5.67. The molecule has 1 amide bonds. The Bertz CT molecular complexity index is 1600. The van der Waals surface area contributed by atoms with Gasteiger partial charge in [-0.25, -0.2) is 4.79 Å². The summed E-state index contributed by atoms with van der Waals surface area (Å²) in [6, 6.07) is 14.9. The molecular weight excluding hydrogens is 567 g/mol. The van der Waals surface area contributed by atoms with Crippen LogP contribution in [0.4, 0.5) is 5.69 Å². The van der Waals surface area contributed by atoms with Gasteiger partial charge in [-0.05, 0) is 35.4 Å². The van der Waals surface area contributed by atoms with E-state index in [-0.39, 0.29) is 28.2 Å². The van der Waals surface area contributed by atoms with E-state index >= 15 is 0 Å². The second-order valence-corrected chi connectivity index (χ2v) is 10.5. The number of benzene rings is 3. The molecule has 0 aliphatic carbocycles. The average molecular weight is 593 g/mol. The Morgan fingerprint density at radius 2 is 1.78 bits per heavy atom. The lowest BCUT2D eigenvalue weighted by Gasteiger charge is -2.32. The number of halogens is 2. The number of aromatic nitrogens is 2. The highest BCUT2D eigenvalue weighted by Gasteiger charge is 2.29. The van der Waals surface area contributed by atoms with Crippen LogP contribution in [0.15, 0.2) is 60.9 Å². The first-order valence-corrected chi connectivity index (χ1v) is 13.8. The standard InChI is InChI=1S/C30H26Cl2N4O5/c1-39-30(38)23-6-5-18(13-26(23)35-7-9-40-10-8-35)22-4-2-3-19-16-36(17-41-28(19)22)29(37)27-24(31)11-20(12-25(27)32)21-14-33-34-15-21/h2-6,11-15H,7-10,16-17H2,1H3,(H,33,34). The largest absolute Gasteiger partial charge is 0.472 e. The Hall–Kier alpha value is -4.05. The van der Waals surface area contributed by atoms with E-state index in [0.29, 0.717) is 44.2 Å². The Labute approximate surface area is 246 Å². The van der Waals surface area contributed by atoms with Gasteiger partial charge in [-0.2, -0.15) is 5.10 Å². The monoisotopic (exact) mass is 592 g/mol. The zero-order valence-corrected chi connectivity index (χ0v) is 23.7. The fourth-order valence-electron chi connectivity index (χ4n) is 5.19. The van der Waals surface area contributed by atoms with Crippen molar-refractivity contribution in [3.63, 3.8) is 0 Å². The summed E-state index contributed by atoms with van der Waals surface area (Å²) >= 11 is 13.1. The van der Waals surface area contributed by atoms with Crippen LogP contribution >= 0.6 is 23.2 Å². The molecule has 3 aromatic carbocycles. The summed E-state index contributed by atoms with van der Waals surface area (Å²) in [5.41, 5.74) is 5.65. The van der Waals surface area contributed by atoms with Crippen LogP contribution in [0.3, 0.4) is 0 Å². The van der Waals surface area contributed by atoms with Crippen molar-refractivity contribution in [1.29, 1.82) is 0 Å². The molecule has 3 heterocycles. The summed E-state index contributed by atoms with van der Waals surface area (Å²) in [5.74, 6) is -0.0386. The van der Waals surface area contributed by atoms with E-state index in [4.69, 9.17) is 37.4 Å². The second-order valence-electron chi connectivity index (χ2n) is 9.70. The Morgan fingerprint density at radius 1 is 1.00 bits per heavy atom. The number of methoxy groups -OCH3 is 1. The lowest BCUT2D eigenvalue weighted by Crippen LogP contribution is -2.37. The molecule has 2 aliphatic heterocycles. The summed E-state index contributed by atoms with van der Waals surface area (Å²) in [6.45, 7) is 2.84. The van der Waals surface area contributed by atoms with Gasteiger partial charge in [0, 0.05) is 36.0 Å². The van der Waals surface area contributed by atoms with Crippen LogP contribution in [0.1, 0.15) is 26.3 Å². The molecule has 0 saturated carbocycles. The fourth-order valence-corrected chi connectivity index (χ4v) is 5.84. The smallest absolute Gasteiger partial charge is 0.339 e. The molecule has 2 aliphatic rings. The number of nitrogens with zero attached hydrogens (tertiary/aromatic N) is 3. The number of fused-ring (bicyclic) bond motifs is 1. The topological polar surface area (TPSA) is 97.0 Å². The third kappa shape index (κ3) is 5.24. The van der Waals surface area contributed by atoms with Gasteiger partial charge in [0.2, 0.25) is 0 Å². The van der Waals surface area contributed by atoms with Crippen molar-refractivity contribution in [2.24, 2.45) is 0 Å². The first kappa shape index (κ1) is 27.1. The molecule has 11 heteroatoms. The zero-order valence-electron chi connectivity index (χ0n) is 22.2. The molecule has 9 nitrogen and oxygen atoms in total. The van der Waals surface area contributed by atoms with Crippen molar-refractivity contribution in [3.05, 3.63) is 87.7 Å². The van der Waals surface area contributed by atoms with Gasteiger partial charge in [0.25, 0.3) is 5.91 Å². The van der Waals surface area contributed by atoms with E-state index in [1.807, 2.05) is 30.3 Å². The lowest BCUT2D eigenvalue weighted by atomic mass is 9.97. The molecule has 1 saturated heterocycles. The molecule has 4 aromatic rings. The number of carbonyl (C=O) groups is 2. The van der Waals surface area contributed by atoms with Crippen LogP contribution in [-0.2, 0) is 16.0 Å². The number of H-pyrrole nitrogens is 1. The third-order valence-corrected chi connectivity index (χ3v) is 7.86. The van der Waals surface area contributed by atoms with Crippen LogP contribution in [0.2, 0.25) is 10.0 Å². The minimum absolute atomic E-state index is 0.0234. The number of morpholine rings is 1. The minimum Gasteiger partial charge on any atom is -0.472 e. The number of rotatable bonds is 5. The van der Waals surface area contributed by atoms with E-state index in [1.165, 1.54) is 7.11 Å². The van der Waals surface area contributed by atoms with Gasteiger partial charge in [-0.15, -0.1) is 0 Å². The van der Waals surface area contributed by atoms with E-state index in [9.17, 15) is 9.59 Å². The van der Waals surface area contributed by atoms with Crippen molar-refractivity contribution in [2.45, 2.75) is 6.54 Å². The molecule has 1 fully saturated rings. The van der Waals surface area contributed by atoms with Crippen molar-refractivity contribution < 1.29 is 23.8 Å². The predicted molar refractivity (Wildman–Crippen MR) is 156 cm³/mol. The first-order chi connectivity index (χ1) is 19.9. The number of hydrogen-bond acceptors (Lipinski definition) is 7. The number of ether oxygens (including phenoxy) is 3. The van der Waals surface area contributed by atoms with E-state index in [0.717, 1.165) is 33.5 Å². The Balaban J connectivity index is 1.29. The Kier molecular flexibility index (Phi) is 7.57. The van der Waals surface area contributed by atoms with Crippen molar-refractivity contribution in [1.82, 2.24) is 15.1 Å². The molecule has 0 spiro atoms. The molecule has 1 aromatic heterocycles. The van der Waals surface area contributed by atoms with Gasteiger partial charge in [-0.3, -0.25) is 9.89 Å². The summed E-state index contributed by atoms with van der Waals surface area (Å²) in [7, 11) is 1.38. The maximum absolute atomic E-state index is 13.6. The number of para-hydroxylation sites is 1. The highest BCUT2D eigenvalue weighted by Crippen LogP contribution is 2.40. The maximum atomic E-state index is 13.6. The van der Waals surface area contributed by atoms with Gasteiger partial charge >= 0.3 is 5.97 Å². The fraction of sp³-hybridized carbons (Fsp3) is 0.233. The summed E-state index contributed by atoms with van der Waals surface area (Å²) in [5, 5.41) is 7.21. The van der Waals surface area contributed by atoms with Gasteiger partial charge < -0.3 is 24.0 Å². The maximum Gasteiger partial charge on any atom is 0.339 e. The number of nitrogens with one attached hydrogen (secondary N) is 1. The van der Waals surface area contributed by atoms with Gasteiger partial charge in [-0.1, -0.05) is 47.5 Å². The SMILES string of the molecule is COC(=O)c1ccc(-c2cccc3c2OCN(C(=O)c2c(Cl)cc(-c4cn[nH]c4)cc2Cl)C3)cc1N1CCOCC1. The van der Waals surface area contributed by atoms with Crippen molar-refractivity contribution in [3.8, 4) is 28.0 Å². The normalized spacial score (nSPS) is 14.8. The lowest BCUT2D eigenvalue weighted by molar-refractivity contribution is 0.0515. The summed E-state index contributed by atoms with van der Waals surface area (Å²) in [4.78, 5) is 29.8. The van der Waals surface area contributed by atoms with Crippen LogP contribution in [0, 0.1) is 0 Å². The number of aromatic amines is 1. The van der Waals surface area contributed by atoms with Crippen molar-refractivity contribution in [2.75, 3.05) is 45.0 Å². The number of esters is 1. The van der Waals surface area contributed by atoms with Crippen LogP contribution in [-0.4, -0.2) is 67.1 Å². The number of amides is 1. The molecule has 210 valence electrons. The summed E-state index contributed by atoms with van der Waals surface area (Å²) in [6.07, 6.45) is 3.38. The van der Waals surface area contributed by atoms with E-state index < -0.39 is 5.97 Å². The minimum atomic E-state index is -0.395. The van der Waals surface area contributed by atoms with Crippen molar-refractivity contribution >= 4 is 40.8 Å². The van der Waals surface area contributed by atoms with Crippen LogP contribution in [0.5, 0.6) is 5.75 Å². The Morgan fingerprint density at radius 3 is 2.49 bits per heavy atom. The average Bonchev–Trinajstić information content (AvgIpc) is 3.55. The zero-order chi connectivity index (χ0) is 28.5. The molecule has 0 atom stereocenters. The molecular formula is C30H26Cl2N4O5. The van der Waals surface area contributed by atoms with Gasteiger partial charge in [0.1, 0.15) is 5.75 Å².